The number of rotatable bonds is 6. The maximum absolute atomic E-state index is 12.6. The number of nitrogens with zero attached hydrogens (tertiary/aromatic N) is 1. The number of anilines is 2. The molecule has 1 aliphatic carbocycles. The van der Waals surface area contributed by atoms with Gasteiger partial charge in [-0.2, -0.15) is 0 Å². The monoisotopic (exact) mass is 417 g/mol. The minimum atomic E-state index is -0.239. The summed E-state index contributed by atoms with van der Waals surface area (Å²) in [4.78, 5) is 29.8. The number of hydrogen-bond acceptors (Lipinski definition) is 5. The van der Waals surface area contributed by atoms with E-state index in [4.69, 9.17) is 4.42 Å². The van der Waals surface area contributed by atoms with E-state index in [0.29, 0.717) is 22.7 Å². The molecule has 4 aromatic rings. The Labute approximate surface area is 176 Å². The predicted molar refractivity (Wildman–Crippen MR) is 117 cm³/mol. The van der Waals surface area contributed by atoms with Crippen LogP contribution < -0.4 is 10.6 Å². The van der Waals surface area contributed by atoms with Gasteiger partial charge >= 0.3 is 0 Å². The third kappa shape index (κ3) is 3.97. The molecule has 1 aliphatic rings. The van der Waals surface area contributed by atoms with Crippen molar-refractivity contribution in [3.63, 3.8) is 0 Å². The highest BCUT2D eigenvalue weighted by atomic mass is 32.1. The first kappa shape index (κ1) is 18.6. The topological polar surface area (TPSA) is 84.2 Å². The SMILES string of the molecule is O=C(Nc1ncc(Cc2ccc(NC(=O)C3CC3)cc2)s1)c1coc2ccccc12. The fourth-order valence-corrected chi connectivity index (χ4v) is 4.10. The summed E-state index contributed by atoms with van der Waals surface area (Å²) in [6, 6.07) is 15.3. The molecule has 7 heteroatoms. The summed E-state index contributed by atoms with van der Waals surface area (Å²) in [5, 5.41) is 7.12. The van der Waals surface area contributed by atoms with Crippen molar-refractivity contribution in [1.82, 2.24) is 4.98 Å². The summed E-state index contributed by atoms with van der Waals surface area (Å²) in [5.74, 6) is 0.0585. The molecule has 0 saturated heterocycles. The molecule has 0 bridgehead atoms. The van der Waals surface area contributed by atoms with Crippen molar-refractivity contribution >= 4 is 44.9 Å². The number of carbonyl (C=O) groups excluding carboxylic acids is 2. The molecule has 2 heterocycles. The van der Waals surface area contributed by atoms with Gasteiger partial charge in [0.05, 0.1) is 5.56 Å². The van der Waals surface area contributed by atoms with Crippen LogP contribution in [0.4, 0.5) is 10.8 Å². The molecular formula is C23H19N3O3S. The van der Waals surface area contributed by atoms with E-state index < -0.39 is 0 Å². The largest absolute Gasteiger partial charge is 0.463 e. The first-order valence-electron chi connectivity index (χ1n) is 9.78. The summed E-state index contributed by atoms with van der Waals surface area (Å²) >= 11 is 1.44. The lowest BCUT2D eigenvalue weighted by molar-refractivity contribution is -0.117. The van der Waals surface area contributed by atoms with Crippen molar-refractivity contribution in [3.05, 3.63) is 77.0 Å². The normalized spacial score (nSPS) is 13.3. The Balaban J connectivity index is 1.22. The average molecular weight is 417 g/mol. The van der Waals surface area contributed by atoms with Gasteiger partial charge in [-0.3, -0.25) is 14.9 Å². The Kier molecular flexibility index (Phi) is 4.80. The van der Waals surface area contributed by atoms with Gasteiger partial charge in [0.25, 0.3) is 5.91 Å². The van der Waals surface area contributed by atoms with Crippen LogP contribution >= 0.6 is 11.3 Å². The van der Waals surface area contributed by atoms with Crippen LogP contribution in [-0.2, 0) is 11.2 Å². The molecule has 0 unspecified atom stereocenters. The van der Waals surface area contributed by atoms with E-state index in [0.717, 1.165) is 34.4 Å². The van der Waals surface area contributed by atoms with Crippen LogP contribution in [0.5, 0.6) is 0 Å². The summed E-state index contributed by atoms with van der Waals surface area (Å²) in [5.41, 5.74) is 3.10. The zero-order valence-corrected chi connectivity index (χ0v) is 16.9. The van der Waals surface area contributed by atoms with E-state index in [1.54, 1.807) is 6.20 Å². The molecule has 2 aromatic carbocycles. The van der Waals surface area contributed by atoms with Crippen molar-refractivity contribution in [2.75, 3.05) is 10.6 Å². The molecule has 0 spiro atoms. The molecule has 1 fully saturated rings. The number of benzene rings is 2. The van der Waals surface area contributed by atoms with E-state index in [-0.39, 0.29) is 17.7 Å². The molecule has 0 aliphatic heterocycles. The van der Waals surface area contributed by atoms with Gasteiger partial charge in [-0.15, -0.1) is 11.3 Å². The number of thiazole rings is 1. The van der Waals surface area contributed by atoms with E-state index in [9.17, 15) is 9.59 Å². The second-order valence-corrected chi connectivity index (χ2v) is 8.48. The number of furan rings is 1. The minimum Gasteiger partial charge on any atom is -0.463 e. The van der Waals surface area contributed by atoms with Crippen LogP contribution in [0.1, 0.15) is 33.6 Å². The van der Waals surface area contributed by atoms with Crippen molar-refractivity contribution in [2.45, 2.75) is 19.3 Å². The molecule has 2 amide bonds. The highest BCUT2D eigenvalue weighted by Crippen LogP contribution is 2.30. The third-order valence-corrected chi connectivity index (χ3v) is 5.96. The number of para-hydroxylation sites is 1. The van der Waals surface area contributed by atoms with Gasteiger partial charge < -0.3 is 9.73 Å². The highest BCUT2D eigenvalue weighted by molar-refractivity contribution is 7.15. The Morgan fingerprint density at radius 3 is 2.67 bits per heavy atom. The van der Waals surface area contributed by atoms with Gasteiger partial charge in [-0.05, 0) is 36.6 Å². The average Bonchev–Trinajstić information content (AvgIpc) is 3.38. The Morgan fingerprint density at radius 2 is 1.87 bits per heavy atom. The second-order valence-electron chi connectivity index (χ2n) is 7.37. The third-order valence-electron chi connectivity index (χ3n) is 5.05. The number of amides is 2. The highest BCUT2D eigenvalue weighted by Gasteiger charge is 2.29. The summed E-state index contributed by atoms with van der Waals surface area (Å²) < 4.78 is 5.44. The molecule has 0 radical (unpaired) electrons. The van der Waals surface area contributed by atoms with E-state index >= 15 is 0 Å². The summed E-state index contributed by atoms with van der Waals surface area (Å²) in [6.45, 7) is 0. The lowest BCUT2D eigenvalue weighted by Gasteiger charge is -2.05. The van der Waals surface area contributed by atoms with E-state index in [2.05, 4.69) is 15.6 Å². The number of nitrogens with one attached hydrogen (secondary N) is 2. The van der Waals surface area contributed by atoms with Gasteiger partial charge in [0.2, 0.25) is 5.91 Å². The molecule has 150 valence electrons. The standard InChI is InChI=1S/C23H19N3O3S/c27-21(15-7-8-15)25-16-9-5-14(6-10-16)11-17-12-24-23(30-17)26-22(28)19-13-29-20-4-2-1-3-18(19)20/h1-6,9-10,12-13,15H,7-8,11H2,(H,25,27)(H,24,26,28). The van der Waals surface area contributed by atoms with Crippen molar-refractivity contribution in [3.8, 4) is 0 Å². The number of hydrogen-bond donors (Lipinski definition) is 2. The first-order valence-corrected chi connectivity index (χ1v) is 10.6. The van der Waals surface area contributed by atoms with Crippen molar-refractivity contribution in [1.29, 1.82) is 0 Å². The van der Waals surface area contributed by atoms with Crippen LogP contribution in [0.3, 0.4) is 0 Å². The number of aromatic nitrogens is 1. The van der Waals surface area contributed by atoms with Gasteiger partial charge in [-0.25, -0.2) is 4.98 Å². The molecular weight excluding hydrogens is 398 g/mol. The molecule has 1 saturated carbocycles. The van der Waals surface area contributed by atoms with Crippen LogP contribution in [0, 0.1) is 5.92 Å². The molecule has 0 atom stereocenters. The molecule has 5 rings (SSSR count). The molecule has 2 aromatic heterocycles. The zero-order valence-electron chi connectivity index (χ0n) is 16.1. The Morgan fingerprint density at radius 1 is 1.07 bits per heavy atom. The summed E-state index contributed by atoms with van der Waals surface area (Å²) in [6.07, 6.45) is 5.93. The van der Waals surface area contributed by atoms with Gasteiger partial charge in [0.1, 0.15) is 11.8 Å². The fourth-order valence-electron chi connectivity index (χ4n) is 3.26. The van der Waals surface area contributed by atoms with Gasteiger partial charge in [0.15, 0.2) is 5.13 Å². The molecule has 30 heavy (non-hydrogen) atoms. The lowest BCUT2D eigenvalue weighted by atomic mass is 10.1. The van der Waals surface area contributed by atoms with E-state index in [1.165, 1.54) is 17.6 Å². The number of carbonyl (C=O) groups is 2. The van der Waals surface area contributed by atoms with Crippen LogP contribution in [0.15, 0.2) is 65.4 Å². The number of fused-ring (bicyclic) bond motifs is 1. The zero-order chi connectivity index (χ0) is 20.5. The lowest BCUT2D eigenvalue weighted by Crippen LogP contribution is -2.13. The molecule has 6 nitrogen and oxygen atoms in total. The van der Waals surface area contributed by atoms with Crippen LogP contribution in [0.25, 0.3) is 11.0 Å². The maximum atomic E-state index is 12.6. The quantitative estimate of drug-likeness (QED) is 0.458. The second kappa shape index (κ2) is 7.76. The van der Waals surface area contributed by atoms with Gasteiger partial charge in [-0.1, -0.05) is 30.3 Å². The maximum Gasteiger partial charge on any atom is 0.261 e. The van der Waals surface area contributed by atoms with Crippen LogP contribution in [0.2, 0.25) is 0 Å². The Bertz CT molecular complexity index is 1220. The fraction of sp³-hybridized carbons (Fsp3) is 0.174. The van der Waals surface area contributed by atoms with Crippen molar-refractivity contribution < 1.29 is 14.0 Å². The van der Waals surface area contributed by atoms with Crippen LogP contribution in [-0.4, -0.2) is 16.8 Å². The van der Waals surface area contributed by atoms with E-state index in [1.807, 2.05) is 48.5 Å². The predicted octanol–water partition coefficient (Wildman–Crippen LogP) is 5.08. The minimum absolute atomic E-state index is 0.107. The van der Waals surface area contributed by atoms with Gasteiger partial charge in [0, 0.05) is 34.5 Å². The van der Waals surface area contributed by atoms with Crippen molar-refractivity contribution in [2.24, 2.45) is 5.92 Å². The summed E-state index contributed by atoms with van der Waals surface area (Å²) in [7, 11) is 0. The Hall–Kier alpha value is -3.45. The smallest absolute Gasteiger partial charge is 0.261 e. The first-order chi connectivity index (χ1) is 14.7. The molecule has 2 N–H and O–H groups in total.